The van der Waals surface area contributed by atoms with Gasteiger partial charge in [0.05, 0.1) is 11.7 Å². The Morgan fingerprint density at radius 1 is 1.26 bits per heavy atom. The number of alkyl halides is 3. The summed E-state index contributed by atoms with van der Waals surface area (Å²) in [5.41, 5.74) is 0.321. The second-order valence-electron chi connectivity index (χ2n) is 6.03. The van der Waals surface area contributed by atoms with Crippen LogP contribution in [-0.2, 0) is 6.54 Å². The third kappa shape index (κ3) is 4.63. The number of hydrogen-bond donors (Lipinski definition) is 1. The number of nitrogens with zero attached hydrogens (tertiary/aromatic N) is 4. The fourth-order valence-corrected chi connectivity index (χ4v) is 2.60. The molecular weight excluding hydrogens is 363 g/mol. The molecule has 0 aliphatic heterocycles. The molecule has 1 N–H and O–H groups in total. The summed E-state index contributed by atoms with van der Waals surface area (Å²) in [5, 5.41) is 0.194. The van der Waals surface area contributed by atoms with Gasteiger partial charge in [-0.3, -0.25) is 14.8 Å². The van der Waals surface area contributed by atoms with Crippen molar-refractivity contribution in [3.8, 4) is 17.4 Å². The highest BCUT2D eigenvalue weighted by Crippen LogP contribution is 2.23. The Bertz CT molecular complexity index is 981. The van der Waals surface area contributed by atoms with Crippen molar-refractivity contribution >= 4 is 10.9 Å². The zero-order valence-electron chi connectivity index (χ0n) is 14.6. The van der Waals surface area contributed by atoms with Gasteiger partial charge >= 0.3 is 6.18 Å². The van der Waals surface area contributed by atoms with Crippen LogP contribution in [0.15, 0.2) is 29.6 Å². The topological polar surface area (TPSA) is 85.7 Å². The zero-order chi connectivity index (χ0) is 19.4. The molecule has 0 spiro atoms. The van der Waals surface area contributed by atoms with Gasteiger partial charge in [-0.15, -0.1) is 0 Å². The quantitative estimate of drug-likeness (QED) is 0.635. The van der Waals surface area contributed by atoms with Crippen molar-refractivity contribution in [2.45, 2.75) is 38.9 Å². The maximum absolute atomic E-state index is 12.4. The highest BCUT2D eigenvalue weighted by Gasteiger charge is 2.29. The van der Waals surface area contributed by atoms with Crippen LogP contribution < -0.4 is 10.3 Å². The average molecular weight is 381 g/mol. The van der Waals surface area contributed by atoms with Crippen molar-refractivity contribution in [1.29, 1.82) is 0 Å². The maximum Gasteiger partial charge on any atom is 0.422 e. The van der Waals surface area contributed by atoms with E-state index in [1.165, 1.54) is 12.3 Å². The number of aryl methyl sites for hydroxylation is 1. The SMILES string of the molecule is CCCCCn1cnc(-c2nccc3c(=O)[nH]c(OCC(F)(F)F)nc23)c1. The van der Waals surface area contributed by atoms with Gasteiger partial charge in [-0.25, -0.2) is 4.98 Å². The first-order chi connectivity index (χ1) is 12.9. The van der Waals surface area contributed by atoms with Crippen molar-refractivity contribution in [2.24, 2.45) is 0 Å². The van der Waals surface area contributed by atoms with Gasteiger partial charge in [-0.2, -0.15) is 18.2 Å². The molecule has 7 nitrogen and oxygen atoms in total. The van der Waals surface area contributed by atoms with Crippen LogP contribution in [0, 0.1) is 0 Å². The number of halogens is 3. The molecule has 0 amide bonds. The van der Waals surface area contributed by atoms with E-state index in [0.717, 1.165) is 25.8 Å². The molecule has 0 bridgehead atoms. The van der Waals surface area contributed by atoms with Crippen molar-refractivity contribution < 1.29 is 17.9 Å². The van der Waals surface area contributed by atoms with E-state index in [9.17, 15) is 18.0 Å². The molecule has 0 saturated carbocycles. The van der Waals surface area contributed by atoms with Gasteiger partial charge in [-0.1, -0.05) is 19.8 Å². The van der Waals surface area contributed by atoms with Gasteiger partial charge in [0.15, 0.2) is 6.61 Å². The van der Waals surface area contributed by atoms with Gasteiger partial charge < -0.3 is 9.30 Å². The first kappa shape index (κ1) is 18.9. The van der Waals surface area contributed by atoms with E-state index in [1.54, 1.807) is 12.5 Å². The van der Waals surface area contributed by atoms with E-state index in [2.05, 4.69) is 31.6 Å². The van der Waals surface area contributed by atoms with Crippen LogP contribution in [0.25, 0.3) is 22.3 Å². The van der Waals surface area contributed by atoms with Crippen molar-refractivity contribution in [3.05, 3.63) is 35.1 Å². The number of nitrogens with one attached hydrogen (secondary N) is 1. The van der Waals surface area contributed by atoms with E-state index in [4.69, 9.17) is 0 Å². The maximum atomic E-state index is 12.4. The number of imidazole rings is 1. The molecule has 0 aliphatic rings. The number of pyridine rings is 1. The lowest BCUT2D eigenvalue weighted by Gasteiger charge is -2.09. The first-order valence-electron chi connectivity index (χ1n) is 8.48. The molecule has 10 heteroatoms. The monoisotopic (exact) mass is 381 g/mol. The summed E-state index contributed by atoms with van der Waals surface area (Å²) in [5.74, 6) is 0. The molecule has 27 heavy (non-hydrogen) atoms. The van der Waals surface area contributed by atoms with Crippen LogP contribution in [0.3, 0.4) is 0 Å². The molecule has 0 atom stereocenters. The Balaban J connectivity index is 1.96. The van der Waals surface area contributed by atoms with Gasteiger partial charge in [0.25, 0.3) is 11.6 Å². The number of fused-ring (bicyclic) bond motifs is 1. The Kier molecular flexibility index (Phi) is 5.43. The summed E-state index contributed by atoms with van der Waals surface area (Å²) >= 11 is 0. The standard InChI is InChI=1S/C17H18F3N5O2/c1-2-3-4-7-25-8-12(22-10-25)14-13-11(5-6-21-14)15(26)24-16(23-13)27-9-17(18,19)20/h5-6,8,10H,2-4,7,9H2,1H3,(H,23,24,26). The predicted octanol–water partition coefficient (Wildman–Crippen LogP) is 3.31. The van der Waals surface area contributed by atoms with E-state index in [1.807, 2.05) is 4.57 Å². The highest BCUT2D eigenvalue weighted by molar-refractivity contribution is 5.89. The first-order valence-corrected chi connectivity index (χ1v) is 8.48. The van der Waals surface area contributed by atoms with Crippen LogP contribution in [0.2, 0.25) is 0 Å². The number of ether oxygens (including phenoxy) is 1. The van der Waals surface area contributed by atoms with Gasteiger partial charge in [0.2, 0.25) is 0 Å². The number of H-pyrrole nitrogens is 1. The molecule has 0 unspecified atom stereocenters. The van der Waals surface area contributed by atoms with E-state index in [0.29, 0.717) is 11.4 Å². The number of rotatable bonds is 7. The predicted molar refractivity (Wildman–Crippen MR) is 92.5 cm³/mol. The normalized spacial score (nSPS) is 11.9. The molecule has 0 fully saturated rings. The van der Waals surface area contributed by atoms with Crippen LogP contribution in [0.5, 0.6) is 6.01 Å². The molecule has 3 aromatic heterocycles. The average Bonchev–Trinajstić information content (AvgIpc) is 3.08. The molecule has 3 heterocycles. The number of aromatic amines is 1. The lowest BCUT2D eigenvalue weighted by molar-refractivity contribution is -0.154. The Morgan fingerprint density at radius 3 is 2.81 bits per heavy atom. The van der Waals surface area contributed by atoms with Gasteiger partial charge in [0, 0.05) is 18.9 Å². The summed E-state index contributed by atoms with van der Waals surface area (Å²) in [6.07, 6.45) is 3.51. The van der Waals surface area contributed by atoms with Gasteiger partial charge in [0.1, 0.15) is 16.9 Å². The van der Waals surface area contributed by atoms with E-state index < -0.39 is 24.4 Å². The number of unbranched alkanes of at least 4 members (excludes halogenated alkanes) is 2. The number of hydrogen-bond acceptors (Lipinski definition) is 5. The number of aromatic nitrogens is 5. The minimum Gasteiger partial charge on any atom is -0.455 e. The van der Waals surface area contributed by atoms with Crippen molar-refractivity contribution in [2.75, 3.05) is 6.61 Å². The molecule has 0 saturated heterocycles. The Hall–Kier alpha value is -2.91. The fourth-order valence-electron chi connectivity index (χ4n) is 2.60. The molecule has 0 radical (unpaired) electrons. The second kappa shape index (κ2) is 7.77. The van der Waals surface area contributed by atoms with Crippen molar-refractivity contribution in [1.82, 2.24) is 24.5 Å². The minimum atomic E-state index is -4.54. The van der Waals surface area contributed by atoms with Crippen LogP contribution in [0.4, 0.5) is 13.2 Å². The van der Waals surface area contributed by atoms with Crippen LogP contribution >= 0.6 is 0 Å². The lowest BCUT2D eigenvalue weighted by atomic mass is 10.2. The summed E-state index contributed by atoms with van der Waals surface area (Å²) in [6, 6.07) is 0.928. The summed E-state index contributed by atoms with van der Waals surface area (Å²) in [6.45, 7) is 1.35. The zero-order valence-corrected chi connectivity index (χ0v) is 14.6. The molecule has 3 aromatic rings. The van der Waals surface area contributed by atoms with E-state index >= 15 is 0 Å². The van der Waals surface area contributed by atoms with Gasteiger partial charge in [-0.05, 0) is 12.5 Å². The summed E-state index contributed by atoms with van der Waals surface area (Å²) < 4.78 is 43.6. The molecule has 0 aliphatic carbocycles. The third-order valence-corrected chi connectivity index (χ3v) is 3.87. The molecule has 3 rings (SSSR count). The highest BCUT2D eigenvalue weighted by atomic mass is 19.4. The smallest absolute Gasteiger partial charge is 0.422 e. The van der Waals surface area contributed by atoms with E-state index in [-0.39, 0.29) is 10.9 Å². The molecule has 144 valence electrons. The van der Waals surface area contributed by atoms with Crippen LogP contribution in [-0.4, -0.2) is 37.3 Å². The largest absolute Gasteiger partial charge is 0.455 e. The lowest BCUT2D eigenvalue weighted by Crippen LogP contribution is -2.21. The summed E-state index contributed by atoms with van der Waals surface area (Å²) in [7, 11) is 0. The Labute approximate surface area is 152 Å². The Morgan fingerprint density at radius 2 is 2.07 bits per heavy atom. The third-order valence-electron chi connectivity index (χ3n) is 3.87. The van der Waals surface area contributed by atoms with Crippen molar-refractivity contribution in [3.63, 3.8) is 0 Å². The molecular formula is C17H18F3N5O2. The summed E-state index contributed by atoms with van der Waals surface area (Å²) in [4.78, 5) is 26.9. The fraction of sp³-hybridized carbons (Fsp3) is 0.412. The van der Waals surface area contributed by atoms with Crippen LogP contribution in [0.1, 0.15) is 26.2 Å². The second-order valence-corrected chi connectivity index (χ2v) is 6.03. The minimum absolute atomic E-state index is 0.136. The molecule has 0 aromatic carbocycles.